The van der Waals surface area contributed by atoms with Crippen LogP contribution in [0, 0.1) is 0 Å². The Hall–Kier alpha value is -1.14. The van der Waals surface area contributed by atoms with E-state index in [0.717, 1.165) is 29.3 Å². The number of nitrogens with zero attached hydrogens (tertiary/aromatic N) is 2. The minimum absolute atomic E-state index is 0.274. The van der Waals surface area contributed by atoms with Gasteiger partial charge in [0.25, 0.3) is 0 Å². The molecule has 6 heteroatoms. The van der Waals surface area contributed by atoms with Crippen molar-refractivity contribution in [3.63, 3.8) is 0 Å². The van der Waals surface area contributed by atoms with Crippen molar-refractivity contribution >= 4 is 22.9 Å². The van der Waals surface area contributed by atoms with Crippen LogP contribution < -0.4 is 4.74 Å². The van der Waals surface area contributed by atoms with Gasteiger partial charge in [0.1, 0.15) is 18.0 Å². The average molecular weight is 311 g/mol. The molecule has 0 amide bonds. The summed E-state index contributed by atoms with van der Waals surface area (Å²) in [5, 5.41) is 10.2. The third-order valence-electron chi connectivity index (χ3n) is 3.29. The van der Waals surface area contributed by atoms with Crippen molar-refractivity contribution in [2.45, 2.75) is 12.2 Å². The first-order valence-electron chi connectivity index (χ1n) is 6.36. The van der Waals surface area contributed by atoms with Crippen LogP contribution >= 0.6 is 22.9 Å². The summed E-state index contributed by atoms with van der Waals surface area (Å²) in [6.45, 7) is 1.92. The summed E-state index contributed by atoms with van der Waals surface area (Å²) in [6.07, 6.45) is 1.19. The number of aliphatic hydroxyl groups is 1. The molecule has 1 unspecified atom stereocenters. The van der Waals surface area contributed by atoms with E-state index >= 15 is 0 Å². The smallest absolute Gasteiger partial charge is 0.183 e. The van der Waals surface area contributed by atoms with Crippen LogP contribution in [0.5, 0.6) is 5.75 Å². The Balaban J connectivity index is 1.66. The Morgan fingerprint density at radius 3 is 2.65 bits per heavy atom. The Morgan fingerprint density at radius 2 is 2.10 bits per heavy atom. The van der Waals surface area contributed by atoms with Crippen molar-refractivity contribution in [1.29, 1.82) is 0 Å². The van der Waals surface area contributed by atoms with Gasteiger partial charge in [0.05, 0.1) is 4.88 Å². The Kier molecular flexibility index (Phi) is 3.94. The normalized spacial score (nSPS) is 17.8. The second kappa shape index (κ2) is 5.69. The largest absolute Gasteiger partial charge is 0.488 e. The molecule has 106 valence electrons. The van der Waals surface area contributed by atoms with Crippen molar-refractivity contribution in [3.8, 4) is 5.75 Å². The van der Waals surface area contributed by atoms with Gasteiger partial charge < -0.3 is 9.84 Å². The first kappa shape index (κ1) is 13.8. The molecule has 3 rings (SSSR count). The number of hydrogen-bond donors (Lipinski definition) is 1. The van der Waals surface area contributed by atoms with Gasteiger partial charge in [0, 0.05) is 19.3 Å². The second-order valence-electron chi connectivity index (χ2n) is 4.95. The summed E-state index contributed by atoms with van der Waals surface area (Å²) in [5.74, 6) is 0.835. The van der Waals surface area contributed by atoms with E-state index in [1.165, 1.54) is 11.3 Å². The van der Waals surface area contributed by atoms with E-state index < -0.39 is 6.10 Å². The predicted molar refractivity (Wildman–Crippen MR) is 79.5 cm³/mol. The molecule has 1 aliphatic rings. The molecule has 0 spiro atoms. The Bertz CT molecular complexity index is 581. The summed E-state index contributed by atoms with van der Waals surface area (Å²) >= 11 is 7.07. The summed E-state index contributed by atoms with van der Waals surface area (Å²) < 4.78 is 6.25. The zero-order chi connectivity index (χ0) is 14.1. The Morgan fingerprint density at radius 1 is 1.40 bits per heavy atom. The lowest BCUT2D eigenvalue weighted by atomic mass is 10.1. The van der Waals surface area contributed by atoms with Gasteiger partial charge in [-0.15, -0.1) is 11.3 Å². The molecule has 1 aromatic carbocycles. The zero-order valence-electron chi connectivity index (χ0n) is 11.0. The standard InChI is InChI=1S/C14H15ClN2O2S/c1-17-7-11(8-17)19-10-4-2-9(3-5-10)13(18)12-6-16-14(15)20-12/h2-6,11,13,18H,7-8H2,1H3. The van der Waals surface area contributed by atoms with Crippen LogP contribution in [0.4, 0.5) is 0 Å². The highest BCUT2D eigenvalue weighted by Gasteiger charge is 2.24. The fourth-order valence-corrected chi connectivity index (χ4v) is 3.16. The van der Waals surface area contributed by atoms with Crippen molar-refractivity contribution in [3.05, 3.63) is 45.4 Å². The van der Waals surface area contributed by atoms with Crippen LogP contribution in [0.1, 0.15) is 16.5 Å². The average Bonchev–Trinajstić information content (AvgIpc) is 2.84. The van der Waals surface area contributed by atoms with Crippen molar-refractivity contribution in [2.24, 2.45) is 0 Å². The minimum Gasteiger partial charge on any atom is -0.488 e. The molecule has 1 atom stereocenters. The zero-order valence-corrected chi connectivity index (χ0v) is 12.6. The second-order valence-corrected chi connectivity index (χ2v) is 6.59. The molecule has 0 bridgehead atoms. The topological polar surface area (TPSA) is 45.6 Å². The van der Waals surface area contributed by atoms with Crippen molar-refractivity contribution in [2.75, 3.05) is 20.1 Å². The van der Waals surface area contributed by atoms with Gasteiger partial charge in [-0.3, -0.25) is 4.90 Å². The summed E-state index contributed by atoms with van der Waals surface area (Å²) in [4.78, 5) is 6.89. The minimum atomic E-state index is -0.691. The lowest BCUT2D eigenvalue weighted by Crippen LogP contribution is -2.51. The maximum atomic E-state index is 10.2. The number of halogens is 1. The quantitative estimate of drug-likeness (QED) is 0.943. The lowest BCUT2D eigenvalue weighted by molar-refractivity contribution is 0.0388. The molecule has 0 saturated carbocycles. The van der Waals surface area contributed by atoms with E-state index in [4.69, 9.17) is 16.3 Å². The van der Waals surface area contributed by atoms with E-state index in [1.54, 1.807) is 6.20 Å². The van der Waals surface area contributed by atoms with Gasteiger partial charge in [-0.1, -0.05) is 23.7 Å². The van der Waals surface area contributed by atoms with Gasteiger partial charge in [-0.25, -0.2) is 4.98 Å². The predicted octanol–water partition coefficient (Wildman–Crippen LogP) is 2.57. The number of likely N-dealkylation sites (tertiary alicyclic amines) is 1. The molecule has 1 saturated heterocycles. The fraction of sp³-hybridized carbons (Fsp3) is 0.357. The molecule has 1 fully saturated rings. The monoisotopic (exact) mass is 310 g/mol. The van der Waals surface area contributed by atoms with Crippen LogP contribution in [0.2, 0.25) is 4.47 Å². The molecule has 2 aromatic rings. The van der Waals surface area contributed by atoms with Crippen LogP contribution in [0.3, 0.4) is 0 Å². The molecule has 1 N–H and O–H groups in total. The molecule has 2 heterocycles. The highest BCUT2D eigenvalue weighted by molar-refractivity contribution is 7.15. The van der Waals surface area contributed by atoms with E-state index in [-0.39, 0.29) is 6.10 Å². The number of hydrogen-bond acceptors (Lipinski definition) is 5. The molecular weight excluding hydrogens is 296 g/mol. The first-order chi connectivity index (χ1) is 9.61. The van der Waals surface area contributed by atoms with E-state index in [2.05, 4.69) is 16.9 Å². The molecular formula is C14H15ClN2O2S. The molecule has 1 aromatic heterocycles. The number of ether oxygens (including phenoxy) is 1. The lowest BCUT2D eigenvalue weighted by Gasteiger charge is -2.36. The van der Waals surface area contributed by atoms with E-state index in [0.29, 0.717) is 4.47 Å². The third-order valence-corrected chi connectivity index (χ3v) is 4.46. The number of thiazole rings is 1. The van der Waals surface area contributed by atoms with Gasteiger partial charge in [0.15, 0.2) is 4.47 Å². The van der Waals surface area contributed by atoms with Gasteiger partial charge >= 0.3 is 0 Å². The van der Waals surface area contributed by atoms with Crippen LogP contribution in [0.25, 0.3) is 0 Å². The van der Waals surface area contributed by atoms with Crippen LogP contribution in [0.15, 0.2) is 30.5 Å². The van der Waals surface area contributed by atoms with Crippen LogP contribution in [-0.4, -0.2) is 41.2 Å². The third kappa shape index (κ3) is 2.96. The number of aliphatic hydroxyl groups excluding tert-OH is 1. The van der Waals surface area contributed by atoms with E-state index in [9.17, 15) is 5.11 Å². The molecule has 1 aliphatic heterocycles. The Labute approximate surface area is 126 Å². The highest BCUT2D eigenvalue weighted by Crippen LogP contribution is 2.30. The highest BCUT2D eigenvalue weighted by atomic mass is 35.5. The fourth-order valence-electron chi connectivity index (χ4n) is 2.19. The SMILES string of the molecule is CN1CC(Oc2ccc(C(O)c3cnc(Cl)s3)cc2)C1. The van der Waals surface area contributed by atoms with Crippen LogP contribution in [-0.2, 0) is 0 Å². The molecule has 4 nitrogen and oxygen atoms in total. The summed E-state index contributed by atoms with van der Waals surface area (Å²) in [7, 11) is 2.07. The maximum Gasteiger partial charge on any atom is 0.183 e. The molecule has 0 radical (unpaired) electrons. The maximum absolute atomic E-state index is 10.2. The number of aromatic nitrogens is 1. The van der Waals surface area contributed by atoms with Gasteiger partial charge in [-0.05, 0) is 24.7 Å². The first-order valence-corrected chi connectivity index (χ1v) is 7.56. The van der Waals surface area contributed by atoms with E-state index in [1.807, 2.05) is 24.3 Å². The summed E-state index contributed by atoms with van der Waals surface area (Å²) in [6, 6.07) is 7.52. The van der Waals surface area contributed by atoms with Gasteiger partial charge in [-0.2, -0.15) is 0 Å². The number of rotatable bonds is 4. The van der Waals surface area contributed by atoms with Gasteiger partial charge in [0.2, 0.25) is 0 Å². The van der Waals surface area contributed by atoms with Crippen molar-refractivity contribution in [1.82, 2.24) is 9.88 Å². The molecule has 0 aliphatic carbocycles. The number of likely N-dealkylation sites (N-methyl/N-ethyl adjacent to an activating group) is 1. The van der Waals surface area contributed by atoms with Crippen molar-refractivity contribution < 1.29 is 9.84 Å². The molecule has 20 heavy (non-hydrogen) atoms. The number of benzene rings is 1. The summed E-state index contributed by atoms with van der Waals surface area (Å²) in [5.41, 5.74) is 0.809.